The van der Waals surface area contributed by atoms with Gasteiger partial charge in [-0.1, -0.05) is 46.6 Å². The molecule has 4 nitrogen and oxygen atoms in total. The maximum absolute atomic E-state index is 12.6. The van der Waals surface area contributed by atoms with Crippen molar-refractivity contribution in [2.75, 3.05) is 7.05 Å². The third-order valence-electron chi connectivity index (χ3n) is 4.16. The third-order valence-corrected chi connectivity index (χ3v) is 4.72. The highest BCUT2D eigenvalue weighted by molar-refractivity contribution is 6.35. The van der Waals surface area contributed by atoms with Crippen molar-refractivity contribution in [1.29, 1.82) is 0 Å². The highest BCUT2D eigenvalue weighted by atomic mass is 35.5. The first-order chi connectivity index (χ1) is 11.5. The van der Waals surface area contributed by atoms with E-state index >= 15 is 0 Å². The molecule has 0 fully saturated rings. The molecule has 0 aliphatic heterocycles. The zero-order valence-corrected chi connectivity index (χ0v) is 14.8. The van der Waals surface area contributed by atoms with Crippen LogP contribution < -0.4 is 0 Å². The summed E-state index contributed by atoms with van der Waals surface area (Å²) in [4.78, 5) is 14.3. The average Bonchev–Trinajstić information content (AvgIpc) is 2.97. The Morgan fingerprint density at radius 1 is 1.25 bits per heavy atom. The lowest BCUT2D eigenvalue weighted by atomic mass is 10.1. The number of hydrogen-bond donors (Lipinski definition) is 0. The zero-order chi connectivity index (χ0) is 17.3. The fourth-order valence-corrected chi connectivity index (χ4v) is 3.16. The SMILES string of the molecule is CC(c1ccc(Cl)cc1Cl)N(C)C(=O)Cc1noc2ccccc12. The number of aromatic nitrogens is 1. The first kappa shape index (κ1) is 16.8. The summed E-state index contributed by atoms with van der Waals surface area (Å²) in [6, 6.07) is 12.6. The van der Waals surface area contributed by atoms with Crippen molar-refractivity contribution < 1.29 is 9.32 Å². The predicted octanol–water partition coefficient (Wildman–Crippen LogP) is 4.90. The molecule has 0 radical (unpaired) electrons. The van der Waals surface area contributed by atoms with Crippen LogP contribution in [0.5, 0.6) is 0 Å². The van der Waals surface area contributed by atoms with Gasteiger partial charge in [0.1, 0.15) is 5.69 Å². The van der Waals surface area contributed by atoms with Gasteiger partial charge in [-0.25, -0.2) is 0 Å². The Balaban J connectivity index is 1.79. The Bertz CT molecular complexity index is 892. The van der Waals surface area contributed by atoms with Crippen molar-refractivity contribution in [3.05, 3.63) is 63.8 Å². The summed E-state index contributed by atoms with van der Waals surface area (Å²) in [7, 11) is 1.75. The van der Waals surface area contributed by atoms with Gasteiger partial charge in [-0.2, -0.15) is 0 Å². The molecule has 1 amide bonds. The molecule has 3 aromatic rings. The smallest absolute Gasteiger partial charge is 0.228 e. The van der Waals surface area contributed by atoms with Crippen LogP contribution in [-0.2, 0) is 11.2 Å². The van der Waals surface area contributed by atoms with Crippen LogP contribution in [0.2, 0.25) is 10.0 Å². The van der Waals surface area contributed by atoms with Gasteiger partial charge < -0.3 is 9.42 Å². The number of halogens is 2. The summed E-state index contributed by atoms with van der Waals surface area (Å²) < 4.78 is 5.25. The van der Waals surface area contributed by atoms with Gasteiger partial charge in [0.15, 0.2) is 5.58 Å². The summed E-state index contributed by atoms with van der Waals surface area (Å²) in [5, 5.41) is 5.98. The van der Waals surface area contributed by atoms with E-state index in [9.17, 15) is 4.79 Å². The van der Waals surface area contributed by atoms with E-state index in [-0.39, 0.29) is 18.4 Å². The van der Waals surface area contributed by atoms with E-state index in [1.54, 1.807) is 24.1 Å². The lowest BCUT2D eigenvalue weighted by Gasteiger charge is -2.26. The Morgan fingerprint density at radius 2 is 2.00 bits per heavy atom. The molecule has 24 heavy (non-hydrogen) atoms. The minimum absolute atomic E-state index is 0.0624. The summed E-state index contributed by atoms with van der Waals surface area (Å²) in [6.07, 6.45) is 0.170. The lowest BCUT2D eigenvalue weighted by molar-refractivity contribution is -0.131. The van der Waals surface area contributed by atoms with E-state index in [0.29, 0.717) is 21.3 Å². The van der Waals surface area contributed by atoms with E-state index in [2.05, 4.69) is 5.16 Å². The Morgan fingerprint density at radius 3 is 2.75 bits per heavy atom. The summed E-state index contributed by atoms with van der Waals surface area (Å²) in [5.74, 6) is -0.0624. The van der Waals surface area contributed by atoms with Crippen LogP contribution in [-0.4, -0.2) is 23.0 Å². The van der Waals surface area contributed by atoms with Gasteiger partial charge >= 0.3 is 0 Å². The monoisotopic (exact) mass is 362 g/mol. The molecule has 0 aliphatic rings. The first-order valence-corrected chi connectivity index (χ1v) is 8.27. The molecule has 0 saturated heterocycles. The second kappa shape index (κ2) is 6.83. The number of amides is 1. The van der Waals surface area contributed by atoms with Crippen LogP contribution in [0.1, 0.15) is 24.2 Å². The predicted molar refractivity (Wildman–Crippen MR) is 95.4 cm³/mol. The zero-order valence-electron chi connectivity index (χ0n) is 13.3. The highest BCUT2D eigenvalue weighted by Crippen LogP contribution is 2.29. The molecule has 124 valence electrons. The first-order valence-electron chi connectivity index (χ1n) is 7.51. The Hall–Kier alpha value is -2.04. The second-order valence-corrected chi connectivity index (χ2v) is 6.49. The molecular formula is C18H16Cl2N2O2. The number of fused-ring (bicyclic) bond motifs is 1. The van der Waals surface area contributed by atoms with Gasteiger partial charge in [-0.3, -0.25) is 4.79 Å². The molecule has 1 heterocycles. The largest absolute Gasteiger partial charge is 0.356 e. The minimum Gasteiger partial charge on any atom is -0.356 e. The molecule has 1 unspecified atom stereocenters. The van der Waals surface area contributed by atoms with Gasteiger partial charge in [0, 0.05) is 22.5 Å². The summed E-state index contributed by atoms with van der Waals surface area (Å²) in [6.45, 7) is 1.92. The van der Waals surface area contributed by atoms with Crippen molar-refractivity contribution in [2.45, 2.75) is 19.4 Å². The van der Waals surface area contributed by atoms with Crippen molar-refractivity contribution in [1.82, 2.24) is 10.1 Å². The van der Waals surface area contributed by atoms with Crippen LogP contribution in [0.25, 0.3) is 11.0 Å². The van der Waals surface area contributed by atoms with Crippen molar-refractivity contribution in [3.8, 4) is 0 Å². The molecule has 3 rings (SSSR count). The third kappa shape index (κ3) is 3.25. The van der Waals surface area contributed by atoms with Gasteiger partial charge in [0.25, 0.3) is 0 Å². The van der Waals surface area contributed by atoms with Crippen LogP contribution in [0.4, 0.5) is 0 Å². The number of hydrogen-bond acceptors (Lipinski definition) is 3. The van der Waals surface area contributed by atoms with Gasteiger partial charge in [0.2, 0.25) is 5.91 Å². The Labute approximate surface area is 149 Å². The fourth-order valence-electron chi connectivity index (χ4n) is 2.60. The van der Waals surface area contributed by atoms with Crippen molar-refractivity contribution in [3.63, 3.8) is 0 Å². The number of likely N-dealkylation sites (N-methyl/N-ethyl adjacent to an activating group) is 1. The van der Waals surface area contributed by atoms with Crippen molar-refractivity contribution >= 4 is 40.1 Å². The lowest BCUT2D eigenvalue weighted by Crippen LogP contribution is -2.31. The summed E-state index contributed by atoms with van der Waals surface area (Å²) >= 11 is 12.2. The number of rotatable bonds is 4. The molecule has 0 N–H and O–H groups in total. The molecule has 0 spiro atoms. The summed E-state index contributed by atoms with van der Waals surface area (Å²) in [5.41, 5.74) is 2.16. The van der Waals surface area contributed by atoms with E-state index in [1.165, 1.54) is 0 Å². The molecule has 2 aromatic carbocycles. The van der Waals surface area contributed by atoms with Crippen LogP contribution >= 0.6 is 23.2 Å². The molecule has 1 atom stereocenters. The van der Waals surface area contributed by atoms with Gasteiger partial charge in [-0.15, -0.1) is 0 Å². The van der Waals surface area contributed by atoms with Crippen LogP contribution in [0.15, 0.2) is 47.0 Å². The van der Waals surface area contributed by atoms with Crippen molar-refractivity contribution in [2.24, 2.45) is 0 Å². The standard InChI is InChI=1S/C18H16Cl2N2O2/c1-11(13-8-7-12(19)9-15(13)20)22(2)18(23)10-16-14-5-3-4-6-17(14)24-21-16/h3-9,11H,10H2,1-2H3. The molecule has 1 aromatic heterocycles. The Kier molecular flexibility index (Phi) is 4.78. The van der Waals surface area contributed by atoms with E-state index < -0.39 is 0 Å². The maximum atomic E-state index is 12.6. The van der Waals surface area contributed by atoms with E-state index in [4.69, 9.17) is 27.7 Å². The minimum atomic E-state index is -0.180. The molecule has 0 saturated carbocycles. The molecule has 0 bridgehead atoms. The van der Waals surface area contributed by atoms with E-state index in [0.717, 1.165) is 10.9 Å². The number of para-hydroxylation sites is 1. The van der Waals surface area contributed by atoms with Gasteiger partial charge in [-0.05, 0) is 36.8 Å². The number of carbonyl (C=O) groups excluding carboxylic acids is 1. The fraction of sp³-hybridized carbons (Fsp3) is 0.222. The molecule has 0 aliphatic carbocycles. The number of carbonyl (C=O) groups is 1. The topological polar surface area (TPSA) is 46.3 Å². The molecule has 6 heteroatoms. The quantitative estimate of drug-likeness (QED) is 0.663. The van der Waals surface area contributed by atoms with Crippen LogP contribution in [0.3, 0.4) is 0 Å². The normalized spacial score (nSPS) is 12.3. The highest BCUT2D eigenvalue weighted by Gasteiger charge is 2.21. The van der Waals surface area contributed by atoms with E-state index in [1.807, 2.05) is 37.3 Å². The molecular weight excluding hydrogens is 347 g/mol. The van der Waals surface area contributed by atoms with Gasteiger partial charge in [0.05, 0.1) is 12.5 Å². The van der Waals surface area contributed by atoms with Crippen LogP contribution in [0, 0.1) is 0 Å². The average molecular weight is 363 g/mol. The second-order valence-electron chi connectivity index (χ2n) is 5.65. The number of nitrogens with zero attached hydrogens (tertiary/aromatic N) is 2. The number of benzene rings is 2. The maximum Gasteiger partial charge on any atom is 0.228 e.